The predicted molar refractivity (Wildman–Crippen MR) is 68.5 cm³/mol. The number of carbonyl (C=O) groups is 1. The smallest absolute Gasteiger partial charge is 0.223 e. The second kappa shape index (κ2) is 5.00. The van der Waals surface area contributed by atoms with E-state index >= 15 is 0 Å². The molecule has 0 unspecified atom stereocenters. The molecule has 0 saturated carbocycles. The second-order valence-electron chi connectivity index (χ2n) is 4.36. The molecule has 1 amide bonds. The molecule has 2 nitrogen and oxygen atoms in total. The van der Waals surface area contributed by atoms with Gasteiger partial charge in [-0.3, -0.25) is 4.79 Å². The third-order valence-corrected chi connectivity index (χ3v) is 4.12. The Balaban J connectivity index is 2.11. The summed E-state index contributed by atoms with van der Waals surface area (Å²) in [6, 6.07) is 10.4. The first-order valence-corrected chi connectivity index (χ1v) is 6.75. The normalized spacial score (nSPS) is 22.5. The van der Waals surface area contributed by atoms with Gasteiger partial charge in [0.2, 0.25) is 5.91 Å². The van der Waals surface area contributed by atoms with Gasteiger partial charge in [0.05, 0.1) is 6.04 Å². The van der Waals surface area contributed by atoms with E-state index in [1.165, 1.54) is 5.56 Å². The molecule has 1 saturated heterocycles. The van der Waals surface area contributed by atoms with Crippen molar-refractivity contribution in [1.29, 1.82) is 0 Å². The quantitative estimate of drug-likeness (QED) is 0.780. The zero-order valence-electron chi connectivity index (χ0n) is 9.40. The van der Waals surface area contributed by atoms with Crippen LogP contribution in [0.1, 0.15) is 24.9 Å². The number of halogens is 1. The van der Waals surface area contributed by atoms with Gasteiger partial charge in [0.1, 0.15) is 0 Å². The van der Waals surface area contributed by atoms with Crippen LogP contribution in [0.3, 0.4) is 0 Å². The summed E-state index contributed by atoms with van der Waals surface area (Å²) < 4.78 is 0. The van der Waals surface area contributed by atoms with Gasteiger partial charge in [-0.2, -0.15) is 0 Å². The van der Waals surface area contributed by atoms with E-state index in [2.05, 4.69) is 35.0 Å². The number of amides is 1. The summed E-state index contributed by atoms with van der Waals surface area (Å²) in [4.78, 5) is 13.9. The van der Waals surface area contributed by atoms with E-state index < -0.39 is 0 Å². The first-order chi connectivity index (χ1) is 7.72. The van der Waals surface area contributed by atoms with Crippen LogP contribution < -0.4 is 0 Å². The first kappa shape index (κ1) is 11.6. The standard InChI is InChI=1S/C13H16BrNO/c1-10(12-5-3-2-4-6-12)15-9-11(8-14)7-13(15)16/h2-6,10-11H,7-9H2,1H3/t10-,11-/m0/s1. The molecule has 3 heteroatoms. The number of alkyl halides is 1. The molecule has 2 rings (SSSR count). The Hall–Kier alpha value is -0.830. The monoisotopic (exact) mass is 281 g/mol. The van der Waals surface area contributed by atoms with Crippen LogP contribution in [0.25, 0.3) is 0 Å². The lowest BCUT2D eigenvalue weighted by Gasteiger charge is -2.25. The average molecular weight is 282 g/mol. The van der Waals surface area contributed by atoms with Crippen molar-refractivity contribution < 1.29 is 4.79 Å². The van der Waals surface area contributed by atoms with Crippen LogP contribution in [0, 0.1) is 5.92 Å². The van der Waals surface area contributed by atoms with Gasteiger partial charge in [-0.05, 0) is 18.4 Å². The third-order valence-electron chi connectivity index (χ3n) is 3.21. The van der Waals surface area contributed by atoms with Crippen molar-refractivity contribution in [2.24, 2.45) is 5.92 Å². The van der Waals surface area contributed by atoms with Crippen molar-refractivity contribution in [3.63, 3.8) is 0 Å². The zero-order valence-corrected chi connectivity index (χ0v) is 11.0. The number of hydrogen-bond acceptors (Lipinski definition) is 1. The van der Waals surface area contributed by atoms with Crippen LogP contribution in [0.5, 0.6) is 0 Å². The average Bonchev–Trinajstić information content (AvgIpc) is 2.71. The molecular weight excluding hydrogens is 266 g/mol. The molecule has 1 heterocycles. The van der Waals surface area contributed by atoms with Crippen molar-refractivity contribution in [2.75, 3.05) is 11.9 Å². The fraction of sp³-hybridized carbons (Fsp3) is 0.462. The van der Waals surface area contributed by atoms with Gasteiger partial charge in [0, 0.05) is 18.3 Å². The minimum absolute atomic E-state index is 0.192. The molecule has 1 aromatic rings. The number of rotatable bonds is 3. The van der Waals surface area contributed by atoms with Crippen molar-refractivity contribution in [1.82, 2.24) is 4.90 Å². The summed E-state index contributed by atoms with van der Waals surface area (Å²) >= 11 is 3.46. The SMILES string of the molecule is C[C@@H](c1ccccc1)N1C[C@H](CBr)CC1=O. The lowest BCUT2D eigenvalue weighted by molar-refractivity contribution is -0.129. The van der Waals surface area contributed by atoms with Crippen LogP contribution in [-0.2, 0) is 4.79 Å². The third kappa shape index (κ3) is 2.29. The maximum atomic E-state index is 11.9. The summed E-state index contributed by atoms with van der Waals surface area (Å²) in [7, 11) is 0. The number of hydrogen-bond donors (Lipinski definition) is 0. The van der Waals surface area contributed by atoms with Crippen molar-refractivity contribution >= 4 is 21.8 Å². The molecule has 0 radical (unpaired) electrons. The summed E-state index contributed by atoms with van der Waals surface area (Å²) in [6.07, 6.45) is 0.683. The van der Waals surface area contributed by atoms with Crippen LogP contribution in [0.2, 0.25) is 0 Å². The molecule has 0 aromatic heterocycles. The minimum atomic E-state index is 0.192. The molecule has 0 N–H and O–H groups in total. The number of carbonyl (C=O) groups excluding carboxylic acids is 1. The van der Waals surface area contributed by atoms with E-state index in [0.29, 0.717) is 12.3 Å². The Morgan fingerprint density at radius 3 is 2.69 bits per heavy atom. The highest BCUT2D eigenvalue weighted by Gasteiger charge is 2.32. The van der Waals surface area contributed by atoms with Crippen LogP contribution >= 0.6 is 15.9 Å². The van der Waals surface area contributed by atoms with Gasteiger partial charge >= 0.3 is 0 Å². The molecule has 1 aliphatic heterocycles. The van der Waals surface area contributed by atoms with Crippen LogP contribution in [0.15, 0.2) is 30.3 Å². The largest absolute Gasteiger partial charge is 0.336 e. The Morgan fingerprint density at radius 1 is 1.44 bits per heavy atom. The molecule has 2 atom stereocenters. The second-order valence-corrected chi connectivity index (χ2v) is 5.00. The summed E-state index contributed by atoms with van der Waals surface area (Å²) in [6.45, 7) is 2.98. The van der Waals surface area contributed by atoms with Gasteiger partial charge in [0.15, 0.2) is 0 Å². The molecule has 0 spiro atoms. The Bertz CT molecular complexity index is 365. The van der Waals surface area contributed by atoms with Crippen molar-refractivity contribution in [3.8, 4) is 0 Å². The molecule has 0 aliphatic carbocycles. The summed E-state index contributed by atoms with van der Waals surface area (Å²) in [5.74, 6) is 0.750. The predicted octanol–water partition coefficient (Wildman–Crippen LogP) is 2.99. The van der Waals surface area contributed by atoms with E-state index in [-0.39, 0.29) is 11.9 Å². The zero-order chi connectivity index (χ0) is 11.5. The van der Waals surface area contributed by atoms with Gasteiger partial charge in [0.25, 0.3) is 0 Å². The highest BCUT2D eigenvalue weighted by atomic mass is 79.9. The number of nitrogens with zero attached hydrogens (tertiary/aromatic N) is 1. The highest BCUT2D eigenvalue weighted by molar-refractivity contribution is 9.09. The topological polar surface area (TPSA) is 20.3 Å². The first-order valence-electron chi connectivity index (χ1n) is 5.62. The van der Waals surface area contributed by atoms with Crippen LogP contribution in [-0.4, -0.2) is 22.7 Å². The van der Waals surface area contributed by atoms with Crippen molar-refractivity contribution in [3.05, 3.63) is 35.9 Å². The lowest BCUT2D eigenvalue weighted by Crippen LogP contribution is -2.28. The number of likely N-dealkylation sites (tertiary alicyclic amines) is 1. The van der Waals surface area contributed by atoms with Crippen LogP contribution in [0.4, 0.5) is 0 Å². The molecule has 1 fully saturated rings. The summed E-state index contributed by atoms with van der Waals surface area (Å²) in [5.41, 5.74) is 1.21. The lowest BCUT2D eigenvalue weighted by atomic mass is 10.1. The van der Waals surface area contributed by atoms with E-state index in [1.807, 2.05) is 23.1 Å². The molecule has 16 heavy (non-hydrogen) atoms. The molecular formula is C13H16BrNO. The molecule has 86 valence electrons. The van der Waals surface area contributed by atoms with Gasteiger partial charge < -0.3 is 4.90 Å². The van der Waals surface area contributed by atoms with Gasteiger partial charge in [-0.25, -0.2) is 0 Å². The van der Waals surface area contributed by atoms with Crippen molar-refractivity contribution in [2.45, 2.75) is 19.4 Å². The Morgan fingerprint density at radius 2 is 2.12 bits per heavy atom. The van der Waals surface area contributed by atoms with E-state index in [4.69, 9.17) is 0 Å². The molecule has 0 bridgehead atoms. The van der Waals surface area contributed by atoms with Gasteiger partial charge in [-0.1, -0.05) is 46.3 Å². The Labute approximate surface area is 105 Å². The summed E-state index contributed by atoms with van der Waals surface area (Å²) in [5, 5.41) is 0.913. The maximum Gasteiger partial charge on any atom is 0.223 e. The maximum absolute atomic E-state index is 11.9. The van der Waals surface area contributed by atoms with E-state index in [0.717, 1.165) is 11.9 Å². The fourth-order valence-corrected chi connectivity index (χ4v) is 2.63. The van der Waals surface area contributed by atoms with Gasteiger partial charge in [-0.15, -0.1) is 0 Å². The fourth-order valence-electron chi connectivity index (χ4n) is 2.20. The highest BCUT2D eigenvalue weighted by Crippen LogP contribution is 2.28. The minimum Gasteiger partial charge on any atom is -0.336 e. The van der Waals surface area contributed by atoms with E-state index in [1.54, 1.807) is 0 Å². The van der Waals surface area contributed by atoms with E-state index in [9.17, 15) is 4.79 Å². The molecule has 1 aromatic carbocycles. The molecule has 1 aliphatic rings. The number of benzene rings is 1. The Kier molecular flexibility index (Phi) is 3.64.